The van der Waals surface area contributed by atoms with Crippen molar-refractivity contribution in [2.24, 2.45) is 0 Å². The summed E-state index contributed by atoms with van der Waals surface area (Å²) in [5.74, 6) is -1.02. The van der Waals surface area contributed by atoms with Gasteiger partial charge < -0.3 is 10.2 Å². The number of rotatable bonds is 12. The fourth-order valence-electron chi connectivity index (χ4n) is 3.42. The summed E-state index contributed by atoms with van der Waals surface area (Å²) in [6.45, 7) is 4.33. The highest BCUT2D eigenvalue weighted by molar-refractivity contribution is 7.92. The number of carbonyl (C=O) groups is 2. The molecule has 10 heteroatoms. The van der Waals surface area contributed by atoms with E-state index in [1.54, 1.807) is 25.1 Å². The predicted molar refractivity (Wildman–Crippen MR) is 133 cm³/mol. The molecule has 0 heterocycles. The Morgan fingerprint density at radius 1 is 1.15 bits per heavy atom. The first-order valence-corrected chi connectivity index (χ1v) is 13.3. The minimum absolute atomic E-state index is 0.0270. The third-order valence-corrected chi connectivity index (χ3v) is 6.65. The second-order valence-electron chi connectivity index (χ2n) is 8.03. The number of anilines is 1. The number of nitrogens with one attached hydrogen (secondary N) is 1. The van der Waals surface area contributed by atoms with E-state index in [4.69, 9.17) is 11.6 Å². The Morgan fingerprint density at radius 2 is 1.82 bits per heavy atom. The molecule has 2 aromatic rings. The molecule has 0 aliphatic carbocycles. The molecule has 186 valence electrons. The molecule has 0 spiro atoms. The van der Waals surface area contributed by atoms with Gasteiger partial charge >= 0.3 is 0 Å². The van der Waals surface area contributed by atoms with Gasteiger partial charge in [-0.25, -0.2) is 12.8 Å². The smallest absolute Gasteiger partial charge is 0.242 e. The van der Waals surface area contributed by atoms with Crippen molar-refractivity contribution >= 4 is 39.1 Å². The molecule has 0 aliphatic rings. The summed E-state index contributed by atoms with van der Waals surface area (Å²) in [6.07, 6.45) is 2.08. The fourth-order valence-corrected chi connectivity index (χ4v) is 4.60. The lowest BCUT2D eigenvalue weighted by Gasteiger charge is -2.29. The van der Waals surface area contributed by atoms with Gasteiger partial charge in [-0.2, -0.15) is 0 Å². The largest absolute Gasteiger partial charge is 0.354 e. The quantitative estimate of drug-likeness (QED) is 0.467. The fraction of sp³-hybridized carbons (Fsp3) is 0.417. The van der Waals surface area contributed by atoms with Crippen LogP contribution in [0.5, 0.6) is 0 Å². The zero-order chi connectivity index (χ0) is 25.3. The molecule has 7 nitrogen and oxygen atoms in total. The number of amides is 2. The van der Waals surface area contributed by atoms with Crippen LogP contribution in [0, 0.1) is 5.82 Å². The molecule has 2 aromatic carbocycles. The lowest BCUT2D eigenvalue weighted by Crippen LogP contribution is -2.47. The van der Waals surface area contributed by atoms with Gasteiger partial charge in [0.1, 0.15) is 11.9 Å². The number of carbonyl (C=O) groups excluding carboxylic acids is 2. The van der Waals surface area contributed by atoms with Gasteiger partial charge in [-0.1, -0.05) is 30.7 Å². The van der Waals surface area contributed by atoms with Crippen molar-refractivity contribution in [1.29, 1.82) is 0 Å². The van der Waals surface area contributed by atoms with Crippen LogP contribution in [-0.4, -0.2) is 50.5 Å². The van der Waals surface area contributed by atoms with Crippen LogP contribution >= 0.6 is 11.6 Å². The van der Waals surface area contributed by atoms with Crippen molar-refractivity contribution in [3.8, 4) is 0 Å². The first-order valence-electron chi connectivity index (χ1n) is 11.1. The summed E-state index contributed by atoms with van der Waals surface area (Å²) in [5, 5.41) is 3.33. The van der Waals surface area contributed by atoms with E-state index in [1.807, 2.05) is 13.0 Å². The van der Waals surface area contributed by atoms with E-state index >= 15 is 0 Å². The van der Waals surface area contributed by atoms with Crippen molar-refractivity contribution in [3.05, 3.63) is 64.9 Å². The maximum atomic E-state index is 13.3. The molecule has 0 aromatic heterocycles. The molecule has 2 amide bonds. The summed E-state index contributed by atoms with van der Waals surface area (Å²) in [5.41, 5.74) is 1.10. The van der Waals surface area contributed by atoms with Crippen LogP contribution in [0.4, 0.5) is 10.1 Å². The van der Waals surface area contributed by atoms with Gasteiger partial charge in [-0.3, -0.25) is 13.9 Å². The van der Waals surface area contributed by atoms with Gasteiger partial charge in [0.15, 0.2) is 0 Å². The van der Waals surface area contributed by atoms with Gasteiger partial charge in [0, 0.05) is 31.1 Å². The lowest BCUT2D eigenvalue weighted by atomic mass is 10.1. The predicted octanol–water partition coefficient (Wildman–Crippen LogP) is 3.97. The Morgan fingerprint density at radius 3 is 2.41 bits per heavy atom. The normalized spacial score (nSPS) is 12.1. The Kier molecular flexibility index (Phi) is 10.3. The zero-order valence-electron chi connectivity index (χ0n) is 19.6. The van der Waals surface area contributed by atoms with Gasteiger partial charge in [-0.05, 0) is 61.7 Å². The summed E-state index contributed by atoms with van der Waals surface area (Å²) in [7, 11) is -3.64. The second-order valence-corrected chi connectivity index (χ2v) is 10.4. The average molecular weight is 512 g/mol. The van der Waals surface area contributed by atoms with Crippen LogP contribution in [0.3, 0.4) is 0 Å². The summed E-state index contributed by atoms with van der Waals surface area (Å²) < 4.78 is 38.9. The van der Waals surface area contributed by atoms with Crippen molar-refractivity contribution in [1.82, 2.24) is 10.2 Å². The average Bonchev–Trinajstić information content (AvgIpc) is 2.78. The number of nitrogens with zero attached hydrogens (tertiary/aromatic N) is 2. The Hall–Kier alpha value is -2.65. The van der Waals surface area contributed by atoms with Gasteiger partial charge in [-0.15, -0.1) is 0 Å². The minimum atomic E-state index is -3.64. The highest BCUT2D eigenvalue weighted by atomic mass is 35.5. The molecule has 1 unspecified atom stereocenters. The number of halogens is 2. The molecule has 0 fully saturated rings. The van der Waals surface area contributed by atoms with Crippen molar-refractivity contribution in [3.63, 3.8) is 0 Å². The molecule has 0 bridgehead atoms. The van der Waals surface area contributed by atoms with Gasteiger partial charge in [0.05, 0.1) is 11.9 Å². The molecule has 0 saturated heterocycles. The first kappa shape index (κ1) is 27.6. The van der Waals surface area contributed by atoms with Crippen LogP contribution < -0.4 is 9.62 Å². The molecule has 1 atom stereocenters. The number of sulfonamides is 1. The third kappa shape index (κ3) is 8.29. The molecular weight excluding hydrogens is 481 g/mol. The Balaban J connectivity index is 2.14. The van der Waals surface area contributed by atoms with Crippen molar-refractivity contribution in [2.75, 3.05) is 23.7 Å². The highest BCUT2D eigenvalue weighted by Crippen LogP contribution is 2.20. The highest BCUT2D eigenvalue weighted by Gasteiger charge is 2.26. The molecular formula is C24H31ClFN3O4S. The van der Waals surface area contributed by atoms with Crippen LogP contribution in [0.2, 0.25) is 5.02 Å². The number of benzene rings is 2. The molecule has 0 aliphatic heterocycles. The van der Waals surface area contributed by atoms with E-state index in [-0.39, 0.29) is 37.7 Å². The molecule has 2 rings (SSSR count). The number of hydrogen-bond donors (Lipinski definition) is 1. The summed E-state index contributed by atoms with van der Waals surface area (Å²) in [6, 6.07) is 11.5. The number of hydrogen-bond acceptors (Lipinski definition) is 4. The molecule has 0 saturated carbocycles. The SMILES string of the molecule is CCCNC(=O)C(C)N(Cc1cccc(Cl)c1)C(=O)CCCN(c1ccc(F)cc1)S(C)(=O)=O. The van der Waals surface area contributed by atoms with Crippen molar-refractivity contribution < 1.29 is 22.4 Å². The van der Waals surface area contributed by atoms with Crippen LogP contribution in [0.25, 0.3) is 0 Å². The summed E-state index contributed by atoms with van der Waals surface area (Å²) >= 11 is 6.08. The van der Waals surface area contributed by atoms with E-state index in [1.165, 1.54) is 29.2 Å². The van der Waals surface area contributed by atoms with Crippen LogP contribution in [-0.2, 0) is 26.2 Å². The van der Waals surface area contributed by atoms with E-state index in [0.29, 0.717) is 17.3 Å². The minimum Gasteiger partial charge on any atom is -0.354 e. The third-order valence-electron chi connectivity index (χ3n) is 5.23. The van der Waals surface area contributed by atoms with E-state index < -0.39 is 21.9 Å². The standard InChI is InChI=1S/C24H31ClFN3O4S/c1-4-14-27-24(31)18(2)28(17-19-7-5-8-20(25)16-19)23(30)9-6-15-29(34(3,32)33)22-12-10-21(26)11-13-22/h5,7-8,10-13,16,18H,4,6,9,14-15,17H2,1-3H3,(H,27,31). The maximum absolute atomic E-state index is 13.3. The van der Waals surface area contributed by atoms with Crippen LogP contribution in [0.15, 0.2) is 48.5 Å². The van der Waals surface area contributed by atoms with E-state index in [0.717, 1.165) is 22.5 Å². The van der Waals surface area contributed by atoms with Gasteiger partial charge in [0.2, 0.25) is 21.8 Å². The first-order chi connectivity index (χ1) is 16.0. The van der Waals surface area contributed by atoms with Crippen molar-refractivity contribution in [2.45, 2.75) is 45.7 Å². The Bertz CT molecular complexity index is 1080. The lowest BCUT2D eigenvalue weighted by molar-refractivity contribution is -0.140. The van der Waals surface area contributed by atoms with Gasteiger partial charge in [0.25, 0.3) is 0 Å². The maximum Gasteiger partial charge on any atom is 0.242 e. The molecule has 34 heavy (non-hydrogen) atoms. The second kappa shape index (κ2) is 12.7. The molecule has 0 radical (unpaired) electrons. The van der Waals surface area contributed by atoms with E-state index in [2.05, 4.69) is 5.32 Å². The topological polar surface area (TPSA) is 86.8 Å². The molecule has 1 N–H and O–H groups in total. The van der Waals surface area contributed by atoms with Crippen LogP contribution in [0.1, 0.15) is 38.7 Å². The monoisotopic (exact) mass is 511 g/mol. The summed E-state index contributed by atoms with van der Waals surface area (Å²) in [4.78, 5) is 27.2. The van der Waals surface area contributed by atoms with E-state index in [9.17, 15) is 22.4 Å². The zero-order valence-corrected chi connectivity index (χ0v) is 21.2. The Labute approximate surface area is 205 Å².